The smallest absolute Gasteiger partial charge is 0.247 e. The van der Waals surface area contributed by atoms with Crippen molar-refractivity contribution in [3.8, 4) is 17.4 Å². The van der Waals surface area contributed by atoms with Crippen molar-refractivity contribution in [2.45, 2.75) is 0 Å². The van der Waals surface area contributed by atoms with E-state index in [1.165, 1.54) is 12.3 Å². The highest BCUT2D eigenvalue weighted by Gasteiger charge is 2.17. The zero-order valence-electron chi connectivity index (χ0n) is 19.6. The summed E-state index contributed by atoms with van der Waals surface area (Å²) in [5, 5.41) is 6.09. The molecule has 9 nitrogen and oxygen atoms in total. The fourth-order valence-corrected chi connectivity index (χ4v) is 3.72. The van der Waals surface area contributed by atoms with Gasteiger partial charge in [-0.2, -0.15) is 4.98 Å². The summed E-state index contributed by atoms with van der Waals surface area (Å²) in [6.45, 7) is 7.42. The van der Waals surface area contributed by atoms with E-state index in [0.717, 1.165) is 31.9 Å². The van der Waals surface area contributed by atoms with E-state index >= 15 is 0 Å². The fourth-order valence-electron chi connectivity index (χ4n) is 3.60. The van der Waals surface area contributed by atoms with Gasteiger partial charge in [0, 0.05) is 37.9 Å². The van der Waals surface area contributed by atoms with Gasteiger partial charge >= 0.3 is 0 Å². The molecule has 4 rings (SSSR count). The number of amides is 1. The summed E-state index contributed by atoms with van der Waals surface area (Å²) in [7, 11) is 3.75. The van der Waals surface area contributed by atoms with Crippen LogP contribution in [0.1, 0.15) is 0 Å². The fraction of sp³-hybridized carbons (Fsp3) is 0.240. The zero-order chi connectivity index (χ0) is 24.8. The van der Waals surface area contributed by atoms with Crippen LogP contribution in [0.25, 0.3) is 0 Å². The Morgan fingerprint density at radius 3 is 2.63 bits per heavy atom. The van der Waals surface area contributed by atoms with Gasteiger partial charge in [0.25, 0.3) is 0 Å². The van der Waals surface area contributed by atoms with Gasteiger partial charge in [0.15, 0.2) is 5.75 Å². The molecule has 1 aromatic heterocycles. The van der Waals surface area contributed by atoms with Crippen LogP contribution in [0.5, 0.6) is 17.4 Å². The van der Waals surface area contributed by atoms with Gasteiger partial charge in [0.1, 0.15) is 10.8 Å². The van der Waals surface area contributed by atoms with E-state index in [-0.39, 0.29) is 22.8 Å². The lowest BCUT2D eigenvalue weighted by atomic mass is 10.2. The molecular formula is C25H27ClN6O3. The molecule has 1 aliphatic heterocycles. The molecule has 0 bridgehead atoms. The molecule has 0 unspecified atom stereocenters. The summed E-state index contributed by atoms with van der Waals surface area (Å²) < 4.78 is 11.5. The zero-order valence-corrected chi connectivity index (χ0v) is 20.4. The van der Waals surface area contributed by atoms with Crippen LogP contribution in [0, 0.1) is 0 Å². The molecule has 2 N–H and O–H groups in total. The number of piperazine rings is 1. The summed E-state index contributed by atoms with van der Waals surface area (Å²) in [5.41, 5.74) is 2.26. The molecule has 0 saturated carbocycles. The SMILES string of the molecule is C=CC(=O)Nc1ccccc1Oc1nc(Nc2ccc(N3CCN(C)CC3)cc2OC)ncc1Cl. The first kappa shape index (κ1) is 24.3. The number of aromatic nitrogens is 2. The third-order valence-corrected chi connectivity index (χ3v) is 5.81. The lowest BCUT2D eigenvalue weighted by Crippen LogP contribution is -2.44. The maximum atomic E-state index is 11.7. The molecule has 1 saturated heterocycles. The summed E-state index contributed by atoms with van der Waals surface area (Å²) in [6, 6.07) is 12.9. The van der Waals surface area contributed by atoms with Gasteiger partial charge in [0.2, 0.25) is 17.7 Å². The van der Waals surface area contributed by atoms with Gasteiger partial charge in [-0.15, -0.1) is 0 Å². The number of anilines is 4. The van der Waals surface area contributed by atoms with Crippen molar-refractivity contribution >= 4 is 40.5 Å². The van der Waals surface area contributed by atoms with Gasteiger partial charge in [-0.25, -0.2) is 4.98 Å². The Bertz CT molecular complexity index is 1210. The number of benzene rings is 2. The number of halogens is 1. The molecule has 1 aliphatic rings. The van der Waals surface area contributed by atoms with Crippen LogP contribution in [0.4, 0.5) is 23.0 Å². The highest BCUT2D eigenvalue weighted by molar-refractivity contribution is 6.31. The molecule has 182 valence electrons. The molecule has 35 heavy (non-hydrogen) atoms. The molecule has 1 fully saturated rings. The van der Waals surface area contributed by atoms with E-state index in [0.29, 0.717) is 22.9 Å². The van der Waals surface area contributed by atoms with Crippen molar-refractivity contribution in [2.75, 3.05) is 55.9 Å². The second kappa shape index (κ2) is 11.1. The molecule has 2 aromatic carbocycles. The van der Waals surface area contributed by atoms with Crippen LogP contribution in [0.15, 0.2) is 61.3 Å². The minimum atomic E-state index is -0.357. The van der Waals surface area contributed by atoms with Crippen molar-refractivity contribution in [1.29, 1.82) is 0 Å². The number of nitrogens with one attached hydrogen (secondary N) is 2. The van der Waals surface area contributed by atoms with Crippen molar-refractivity contribution < 1.29 is 14.3 Å². The number of carbonyl (C=O) groups is 1. The van der Waals surface area contributed by atoms with E-state index in [1.807, 2.05) is 18.2 Å². The molecule has 2 heterocycles. The standard InChI is InChI=1S/C25H27ClN6O3/c1-4-23(33)28-19-7-5-6-8-21(19)35-24-18(26)16-27-25(30-24)29-20-10-9-17(15-22(20)34-3)32-13-11-31(2)12-14-32/h4-10,15-16H,1,11-14H2,2-3H3,(H,28,33)(H,27,29,30). The lowest BCUT2D eigenvalue weighted by molar-refractivity contribution is -0.111. The Morgan fingerprint density at radius 2 is 1.89 bits per heavy atom. The third-order valence-electron chi connectivity index (χ3n) is 5.55. The van der Waals surface area contributed by atoms with Crippen LogP contribution in [0.2, 0.25) is 5.02 Å². The molecule has 1 amide bonds. The Balaban J connectivity index is 1.54. The normalized spacial score (nSPS) is 13.7. The molecular weight excluding hydrogens is 468 g/mol. The maximum Gasteiger partial charge on any atom is 0.247 e. The van der Waals surface area contributed by atoms with Crippen molar-refractivity contribution in [3.05, 3.63) is 66.3 Å². The Kier molecular flexibility index (Phi) is 7.69. The maximum absolute atomic E-state index is 11.7. The first-order valence-corrected chi connectivity index (χ1v) is 11.5. The molecule has 0 aliphatic carbocycles. The third kappa shape index (κ3) is 6.00. The van der Waals surface area contributed by atoms with Crippen LogP contribution in [-0.2, 0) is 4.79 Å². The molecule has 0 atom stereocenters. The number of likely N-dealkylation sites (N-methyl/N-ethyl adjacent to an activating group) is 1. The first-order valence-electron chi connectivity index (χ1n) is 11.1. The number of ether oxygens (including phenoxy) is 2. The highest BCUT2D eigenvalue weighted by Crippen LogP contribution is 2.35. The number of methoxy groups -OCH3 is 1. The average Bonchev–Trinajstić information content (AvgIpc) is 2.87. The van der Waals surface area contributed by atoms with Gasteiger partial charge in [0.05, 0.1) is 24.7 Å². The molecule has 0 radical (unpaired) electrons. The summed E-state index contributed by atoms with van der Waals surface area (Å²) in [4.78, 5) is 25.1. The number of hydrogen-bond acceptors (Lipinski definition) is 8. The van der Waals surface area contributed by atoms with Crippen molar-refractivity contribution in [3.63, 3.8) is 0 Å². The Labute approximate surface area is 209 Å². The van der Waals surface area contributed by atoms with E-state index in [4.69, 9.17) is 21.1 Å². The van der Waals surface area contributed by atoms with Crippen molar-refractivity contribution in [1.82, 2.24) is 14.9 Å². The second-order valence-corrected chi connectivity index (χ2v) is 8.35. The molecule has 0 spiro atoms. The molecule has 3 aromatic rings. The van der Waals surface area contributed by atoms with E-state index in [9.17, 15) is 4.79 Å². The minimum absolute atomic E-state index is 0.137. The van der Waals surface area contributed by atoms with Crippen LogP contribution in [-0.4, -0.2) is 61.1 Å². The van der Waals surface area contributed by atoms with E-state index in [1.54, 1.807) is 31.4 Å². The largest absolute Gasteiger partial charge is 0.494 e. The summed E-state index contributed by atoms with van der Waals surface area (Å²) >= 11 is 6.30. The van der Waals surface area contributed by atoms with Crippen molar-refractivity contribution in [2.24, 2.45) is 0 Å². The Morgan fingerprint density at radius 1 is 1.11 bits per heavy atom. The minimum Gasteiger partial charge on any atom is -0.494 e. The Hall–Kier alpha value is -3.82. The van der Waals surface area contributed by atoms with Gasteiger partial charge in [-0.05, 0) is 37.4 Å². The quantitative estimate of drug-likeness (QED) is 0.441. The summed E-state index contributed by atoms with van der Waals surface area (Å²) in [6.07, 6.45) is 2.63. The predicted octanol–water partition coefficient (Wildman–Crippen LogP) is 4.55. The first-order chi connectivity index (χ1) is 17.0. The van der Waals surface area contributed by atoms with Crippen LogP contribution in [0.3, 0.4) is 0 Å². The molecule has 10 heteroatoms. The lowest BCUT2D eigenvalue weighted by Gasteiger charge is -2.34. The monoisotopic (exact) mass is 494 g/mol. The van der Waals surface area contributed by atoms with Crippen LogP contribution >= 0.6 is 11.6 Å². The van der Waals surface area contributed by atoms with E-state index in [2.05, 4.69) is 44.0 Å². The van der Waals surface area contributed by atoms with Gasteiger partial charge in [-0.1, -0.05) is 30.3 Å². The number of carbonyl (C=O) groups excluding carboxylic acids is 1. The van der Waals surface area contributed by atoms with Gasteiger partial charge in [-0.3, -0.25) is 4.79 Å². The van der Waals surface area contributed by atoms with Crippen LogP contribution < -0.4 is 25.0 Å². The predicted molar refractivity (Wildman–Crippen MR) is 138 cm³/mol. The number of nitrogens with zero attached hydrogens (tertiary/aromatic N) is 4. The number of hydrogen-bond donors (Lipinski definition) is 2. The number of para-hydroxylation sites is 2. The highest BCUT2D eigenvalue weighted by atomic mass is 35.5. The topological polar surface area (TPSA) is 91.8 Å². The summed E-state index contributed by atoms with van der Waals surface area (Å²) in [5.74, 6) is 1.10. The van der Waals surface area contributed by atoms with Gasteiger partial charge < -0.3 is 29.9 Å². The number of rotatable bonds is 8. The second-order valence-electron chi connectivity index (χ2n) is 7.94. The average molecular weight is 495 g/mol. The van der Waals surface area contributed by atoms with E-state index < -0.39 is 0 Å².